The monoisotopic (exact) mass is 209 g/mol. The summed E-state index contributed by atoms with van der Waals surface area (Å²) in [7, 11) is 0. The van der Waals surface area contributed by atoms with E-state index in [1.54, 1.807) is 0 Å². The molecule has 0 amide bonds. The fourth-order valence-electron chi connectivity index (χ4n) is 2.32. The van der Waals surface area contributed by atoms with Crippen LogP contribution in [0, 0.1) is 0 Å². The van der Waals surface area contributed by atoms with E-state index < -0.39 is 5.97 Å². The summed E-state index contributed by atoms with van der Waals surface area (Å²) in [5.41, 5.74) is 0. The van der Waals surface area contributed by atoms with Gasteiger partial charge in [-0.1, -0.05) is 12.2 Å². The Morgan fingerprint density at radius 2 is 2.20 bits per heavy atom. The lowest BCUT2D eigenvalue weighted by atomic mass is 10.0. The van der Waals surface area contributed by atoms with E-state index in [9.17, 15) is 4.79 Å². The summed E-state index contributed by atoms with van der Waals surface area (Å²) < 4.78 is 0. The summed E-state index contributed by atoms with van der Waals surface area (Å²) in [6.07, 6.45) is 10.9. The third kappa shape index (κ3) is 3.06. The van der Waals surface area contributed by atoms with Crippen molar-refractivity contribution in [3.8, 4) is 0 Å². The number of hydrogen-bond acceptors (Lipinski definition) is 2. The van der Waals surface area contributed by atoms with Crippen LogP contribution in [0.15, 0.2) is 12.2 Å². The van der Waals surface area contributed by atoms with Crippen LogP contribution in [0.4, 0.5) is 0 Å². The maximum Gasteiger partial charge on any atom is 0.304 e. The molecule has 84 valence electrons. The highest BCUT2D eigenvalue weighted by Gasteiger charge is 2.33. The van der Waals surface area contributed by atoms with E-state index in [1.165, 1.54) is 32.1 Å². The smallest absolute Gasteiger partial charge is 0.304 e. The van der Waals surface area contributed by atoms with Crippen LogP contribution in [0.2, 0.25) is 0 Å². The summed E-state index contributed by atoms with van der Waals surface area (Å²) >= 11 is 0. The highest BCUT2D eigenvalue weighted by atomic mass is 16.4. The van der Waals surface area contributed by atoms with E-state index in [0.29, 0.717) is 12.1 Å². The van der Waals surface area contributed by atoms with Crippen molar-refractivity contribution in [1.29, 1.82) is 0 Å². The first-order valence-electron chi connectivity index (χ1n) is 5.91. The molecule has 0 aromatic carbocycles. The minimum atomic E-state index is -0.680. The van der Waals surface area contributed by atoms with Gasteiger partial charge in [-0.15, -0.1) is 0 Å². The average Bonchev–Trinajstić information content (AvgIpc) is 3.03. The van der Waals surface area contributed by atoms with Crippen LogP contribution in [0.5, 0.6) is 0 Å². The maximum atomic E-state index is 10.6. The van der Waals surface area contributed by atoms with Gasteiger partial charge in [0.05, 0.1) is 6.42 Å². The molecule has 2 aliphatic rings. The predicted molar refractivity (Wildman–Crippen MR) is 58.8 cm³/mol. The molecule has 1 unspecified atom stereocenters. The van der Waals surface area contributed by atoms with Gasteiger partial charge in [-0.05, 0) is 32.1 Å². The highest BCUT2D eigenvalue weighted by Crippen LogP contribution is 2.31. The summed E-state index contributed by atoms with van der Waals surface area (Å²) in [6, 6.07) is 1.17. The molecule has 15 heavy (non-hydrogen) atoms. The number of hydrogen-bond donors (Lipinski definition) is 1. The number of allylic oxidation sites excluding steroid dienone is 1. The largest absolute Gasteiger partial charge is 0.481 e. The standard InChI is InChI=1S/C12H19NO2/c14-12(15)8-9-13(11-6-7-11)10-4-2-1-3-5-10/h2,4,10-11H,1,3,5-9H2,(H,14,15). The van der Waals surface area contributed by atoms with Crippen molar-refractivity contribution in [3.63, 3.8) is 0 Å². The Morgan fingerprint density at radius 1 is 1.40 bits per heavy atom. The third-order valence-corrected chi connectivity index (χ3v) is 3.25. The van der Waals surface area contributed by atoms with Crippen LogP contribution < -0.4 is 0 Å². The van der Waals surface area contributed by atoms with Crippen LogP contribution in [-0.4, -0.2) is 34.6 Å². The van der Waals surface area contributed by atoms with Gasteiger partial charge < -0.3 is 5.11 Å². The van der Waals surface area contributed by atoms with Crippen molar-refractivity contribution >= 4 is 5.97 Å². The molecule has 0 heterocycles. The second-order valence-corrected chi connectivity index (χ2v) is 4.54. The Hall–Kier alpha value is -0.830. The first-order valence-corrected chi connectivity index (χ1v) is 5.91. The summed E-state index contributed by atoms with van der Waals surface area (Å²) in [6.45, 7) is 0.717. The van der Waals surface area contributed by atoms with E-state index in [-0.39, 0.29) is 6.42 Å². The fourth-order valence-corrected chi connectivity index (χ4v) is 2.32. The molecule has 2 aliphatic carbocycles. The van der Waals surface area contributed by atoms with Gasteiger partial charge in [0.25, 0.3) is 0 Å². The molecule has 0 aliphatic heterocycles. The summed E-state index contributed by atoms with van der Waals surface area (Å²) in [5, 5.41) is 8.72. The molecule has 1 fully saturated rings. The topological polar surface area (TPSA) is 40.5 Å². The van der Waals surface area contributed by atoms with Crippen LogP contribution in [0.1, 0.15) is 38.5 Å². The molecule has 3 heteroatoms. The molecule has 0 radical (unpaired) electrons. The zero-order chi connectivity index (χ0) is 10.7. The Kier molecular flexibility index (Phi) is 3.41. The zero-order valence-corrected chi connectivity index (χ0v) is 9.06. The van der Waals surface area contributed by atoms with Crippen molar-refractivity contribution in [2.24, 2.45) is 0 Å². The number of carboxylic acid groups (broad SMARTS) is 1. The molecular weight excluding hydrogens is 190 g/mol. The third-order valence-electron chi connectivity index (χ3n) is 3.25. The second-order valence-electron chi connectivity index (χ2n) is 4.54. The lowest BCUT2D eigenvalue weighted by Crippen LogP contribution is -2.38. The first kappa shape index (κ1) is 10.7. The molecule has 2 rings (SSSR count). The molecule has 0 bridgehead atoms. The molecule has 1 atom stereocenters. The fraction of sp³-hybridized carbons (Fsp3) is 0.750. The van der Waals surface area contributed by atoms with Crippen LogP contribution in [0.3, 0.4) is 0 Å². The van der Waals surface area contributed by atoms with Gasteiger partial charge in [-0.25, -0.2) is 0 Å². The molecule has 0 aromatic heterocycles. The number of aliphatic carboxylic acids is 1. The van der Waals surface area contributed by atoms with Gasteiger partial charge >= 0.3 is 5.97 Å². The normalized spacial score (nSPS) is 25.8. The molecule has 0 saturated heterocycles. The van der Waals surface area contributed by atoms with Crippen molar-refractivity contribution in [1.82, 2.24) is 4.90 Å². The van der Waals surface area contributed by atoms with E-state index in [0.717, 1.165) is 6.54 Å². The van der Waals surface area contributed by atoms with Gasteiger partial charge in [0.1, 0.15) is 0 Å². The van der Waals surface area contributed by atoms with Crippen molar-refractivity contribution in [2.45, 2.75) is 50.6 Å². The van der Waals surface area contributed by atoms with Gasteiger partial charge in [0.2, 0.25) is 0 Å². The number of carboxylic acids is 1. The van der Waals surface area contributed by atoms with Gasteiger partial charge in [-0.2, -0.15) is 0 Å². The van der Waals surface area contributed by atoms with E-state index in [1.807, 2.05) is 0 Å². The Bertz CT molecular complexity index is 258. The quantitative estimate of drug-likeness (QED) is 0.704. The first-order chi connectivity index (χ1) is 7.27. The molecule has 3 nitrogen and oxygen atoms in total. The van der Waals surface area contributed by atoms with Gasteiger partial charge in [0.15, 0.2) is 0 Å². The lowest BCUT2D eigenvalue weighted by molar-refractivity contribution is -0.137. The summed E-state index contributed by atoms with van der Waals surface area (Å²) in [5.74, 6) is -0.680. The number of carbonyl (C=O) groups is 1. The molecule has 1 N–H and O–H groups in total. The van der Waals surface area contributed by atoms with Crippen molar-refractivity contribution < 1.29 is 9.90 Å². The van der Waals surface area contributed by atoms with Crippen molar-refractivity contribution in [3.05, 3.63) is 12.2 Å². The molecule has 1 saturated carbocycles. The highest BCUT2D eigenvalue weighted by molar-refractivity contribution is 5.66. The van der Waals surface area contributed by atoms with Crippen molar-refractivity contribution in [2.75, 3.05) is 6.54 Å². The van der Waals surface area contributed by atoms with Crippen LogP contribution in [-0.2, 0) is 4.79 Å². The molecular formula is C12H19NO2. The van der Waals surface area contributed by atoms with Crippen LogP contribution in [0.25, 0.3) is 0 Å². The predicted octanol–water partition coefficient (Wildman–Crippen LogP) is 2.03. The minimum Gasteiger partial charge on any atom is -0.481 e. The van der Waals surface area contributed by atoms with E-state index in [4.69, 9.17) is 5.11 Å². The Labute approximate surface area is 90.8 Å². The van der Waals surface area contributed by atoms with Gasteiger partial charge in [0, 0.05) is 18.6 Å². The lowest BCUT2D eigenvalue weighted by Gasteiger charge is -2.31. The summed E-state index contributed by atoms with van der Waals surface area (Å²) in [4.78, 5) is 13.0. The average molecular weight is 209 g/mol. The Morgan fingerprint density at radius 3 is 2.73 bits per heavy atom. The van der Waals surface area contributed by atoms with E-state index in [2.05, 4.69) is 17.1 Å². The maximum absolute atomic E-state index is 10.6. The Balaban J connectivity index is 1.89. The van der Waals surface area contributed by atoms with E-state index >= 15 is 0 Å². The number of nitrogens with zero attached hydrogens (tertiary/aromatic N) is 1. The second kappa shape index (κ2) is 4.79. The minimum absolute atomic E-state index is 0.279. The molecule has 0 aromatic rings. The number of rotatable bonds is 5. The van der Waals surface area contributed by atoms with Crippen LogP contribution >= 0.6 is 0 Å². The van der Waals surface area contributed by atoms with Gasteiger partial charge in [-0.3, -0.25) is 9.69 Å². The SMILES string of the molecule is O=C(O)CCN(C1C=CCCC1)C1CC1. The molecule has 0 spiro atoms. The zero-order valence-electron chi connectivity index (χ0n) is 9.06.